The van der Waals surface area contributed by atoms with Gasteiger partial charge in [-0.25, -0.2) is 8.78 Å². The van der Waals surface area contributed by atoms with Crippen molar-refractivity contribution in [2.75, 3.05) is 5.32 Å². The summed E-state index contributed by atoms with van der Waals surface area (Å²) in [5.41, 5.74) is 4.61. The monoisotopic (exact) mass is 337 g/mol. The quantitative estimate of drug-likeness (QED) is 0.658. The third-order valence-electron chi connectivity index (χ3n) is 4.62. The van der Waals surface area contributed by atoms with E-state index in [0.29, 0.717) is 11.1 Å². The third-order valence-corrected chi connectivity index (χ3v) is 4.62. The Morgan fingerprint density at radius 3 is 2.68 bits per heavy atom. The Hall–Kier alpha value is -2.80. The van der Waals surface area contributed by atoms with E-state index in [1.165, 1.54) is 6.07 Å². The molecule has 0 spiro atoms. The molecule has 2 heterocycles. The highest BCUT2D eigenvalue weighted by atomic mass is 19.1. The number of hydrogen-bond donors (Lipinski definition) is 1. The zero-order valence-electron chi connectivity index (χ0n) is 14.2. The Morgan fingerprint density at radius 1 is 1.20 bits per heavy atom. The van der Waals surface area contributed by atoms with Crippen LogP contribution in [-0.4, -0.2) is 5.54 Å². The first-order valence-corrected chi connectivity index (χ1v) is 8.08. The van der Waals surface area contributed by atoms with Crippen molar-refractivity contribution in [3.63, 3.8) is 0 Å². The summed E-state index contributed by atoms with van der Waals surface area (Å²) < 4.78 is 33.7. The molecule has 25 heavy (non-hydrogen) atoms. The Balaban J connectivity index is 2.05. The zero-order valence-corrected chi connectivity index (χ0v) is 14.2. The van der Waals surface area contributed by atoms with Gasteiger partial charge in [-0.2, -0.15) is 0 Å². The minimum absolute atomic E-state index is 0.00234. The summed E-state index contributed by atoms with van der Waals surface area (Å²) in [7, 11) is 0. The molecule has 2 aromatic rings. The highest BCUT2D eigenvalue weighted by Crippen LogP contribution is 2.49. The summed E-state index contributed by atoms with van der Waals surface area (Å²) >= 11 is 0. The smallest absolute Gasteiger partial charge is 0.185 e. The van der Waals surface area contributed by atoms with Crippen LogP contribution >= 0.6 is 0 Å². The molecule has 1 atom stereocenters. The maximum atomic E-state index is 14.2. The predicted molar refractivity (Wildman–Crippen MR) is 95.3 cm³/mol. The minimum Gasteiger partial charge on any atom is -0.469 e. The van der Waals surface area contributed by atoms with Crippen LogP contribution in [0.5, 0.6) is 5.75 Å². The molecule has 2 nitrogen and oxygen atoms in total. The molecule has 2 aliphatic rings. The van der Waals surface area contributed by atoms with Crippen LogP contribution in [0.3, 0.4) is 0 Å². The summed E-state index contributed by atoms with van der Waals surface area (Å²) in [5, 5.41) is 3.46. The van der Waals surface area contributed by atoms with Crippen molar-refractivity contribution in [2.45, 2.75) is 32.4 Å². The fourth-order valence-corrected chi connectivity index (χ4v) is 3.83. The Kier molecular flexibility index (Phi) is 3.20. The van der Waals surface area contributed by atoms with E-state index in [1.54, 1.807) is 0 Å². The summed E-state index contributed by atoms with van der Waals surface area (Å²) in [6, 6.07) is 5.87. The largest absolute Gasteiger partial charge is 0.469 e. The zero-order chi connectivity index (χ0) is 17.9. The van der Waals surface area contributed by atoms with Crippen molar-refractivity contribution in [3.8, 4) is 29.2 Å². The van der Waals surface area contributed by atoms with Crippen LogP contribution in [0.2, 0.25) is 0 Å². The molecule has 2 aromatic carbocycles. The van der Waals surface area contributed by atoms with Crippen LogP contribution in [0.25, 0.3) is 16.7 Å². The highest BCUT2D eigenvalue weighted by Gasteiger charge is 2.34. The summed E-state index contributed by atoms with van der Waals surface area (Å²) in [6.45, 7) is 6.17. The first kappa shape index (κ1) is 15.7. The fourth-order valence-electron chi connectivity index (χ4n) is 3.83. The molecule has 126 valence electrons. The van der Waals surface area contributed by atoms with E-state index in [4.69, 9.17) is 11.2 Å². The van der Waals surface area contributed by atoms with Gasteiger partial charge in [-0.15, -0.1) is 6.42 Å². The van der Waals surface area contributed by atoms with Gasteiger partial charge in [-0.05, 0) is 44.0 Å². The lowest BCUT2D eigenvalue weighted by atomic mass is 9.82. The molecule has 1 N–H and O–H groups in total. The molecule has 0 saturated heterocycles. The maximum absolute atomic E-state index is 14.2. The van der Waals surface area contributed by atoms with Crippen molar-refractivity contribution >= 4 is 11.3 Å². The van der Waals surface area contributed by atoms with Crippen molar-refractivity contribution in [1.82, 2.24) is 0 Å². The molecule has 2 aliphatic heterocycles. The van der Waals surface area contributed by atoms with Crippen LogP contribution in [0.4, 0.5) is 14.5 Å². The molecule has 0 aliphatic carbocycles. The van der Waals surface area contributed by atoms with Gasteiger partial charge >= 0.3 is 0 Å². The molecule has 0 bridgehead atoms. The Morgan fingerprint density at radius 2 is 1.96 bits per heavy atom. The normalized spacial score (nSPS) is 19.4. The number of nitrogens with one attached hydrogen (secondary N) is 1. The van der Waals surface area contributed by atoms with Gasteiger partial charge in [-0.1, -0.05) is 18.1 Å². The van der Waals surface area contributed by atoms with Crippen LogP contribution in [-0.2, 0) is 0 Å². The maximum Gasteiger partial charge on any atom is 0.185 e. The van der Waals surface area contributed by atoms with Crippen LogP contribution in [0.1, 0.15) is 38.0 Å². The van der Waals surface area contributed by atoms with Gasteiger partial charge in [0, 0.05) is 28.4 Å². The van der Waals surface area contributed by atoms with Gasteiger partial charge in [0.2, 0.25) is 0 Å². The molecule has 4 rings (SSSR count). The van der Waals surface area contributed by atoms with Crippen molar-refractivity contribution in [1.29, 1.82) is 0 Å². The lowest BCUT2D eigenvalue weighted by Gasteiger charge is -2.36. The van der Waals surface area contributed by atoms with Crippen molar-refractivity contribution in [2.24, 2.45) is 0 Å². The SMILES string of the molecule is C#CC1Oc2c(F)cc(F)cc2-c2ccc3c(c21)C(C)=CC(C)(C)N3. The molecule has 0 saturated carbocycles. The van der Waals surface area contributed by atoms with Gasteiger partial charge in [0.1, 0.15) is 5.82 Å². The molecule has 4 heteroatoms. The first-order valence-electron chi connectivity index (χ1n) is 8.08. The van der Waals surface area contributed by atoms with E-state index >= 15 is 0 Å². The first-order chi connectivity index (χ1) is 11.8. The highest BCUT2D eigenvalue weighted by molar-refractivity contribution is 5.90. The molecule has 0 amide bonds. The van der Waals surface area contributed by atoms with E-state index in [2.05, 4.69) is 31.2 Å². The number of hydrogen-bond acceptors (Lipinski definition) is 2. The second-order valence-corrected chi connectivity index (χ2v) is 7.05. The third kappa shape index (κ3) is 2.31. The molecular weight excluding hydrogens is 320 g/mol. The van der Waals surface area contributed by atoms with Crippen molar-refractivity contribution in [3.05, 3.63) is 53.1 Å². The van der Waals surface area contributed by atoms with Crippen LogP contribution < -0.4 is 10.1 Å². The summed E-state index contributed by atoms with van der Waals surface area (Å²) in [6.07, 6.45) is 7.06. The second-order valence-electron chi connectivity index (χ2n) is 7.05. The average molecular weight is 337 g/mol. The number of anilines is 1. The van der Waals surface area contributed by atoms with Crippen molar-refractivity contribution < 1.29 is 13.5 Å². The minimum atomic E-state index is -0.745. The molecule has 0 aromatic heterocycles. The molecule has 0 fully saturated rings. The lowest BCUT2D eigenvalue weighted by molar-refractivity contribution is 0.247. The van der Waals surface area contributed by atoms with Gasteiger partial charge < -0.3 is 10.1 Å². The van der Waals surface area contributed by atoms with Crippen LogP contribution in [0.15, 0.2) is 30.3 Å². The number of allylic oxidation sites excluding steroid dienone is 1. The van der Waals surface area contributed by atoms with E-state index in [1.807, 2.05) is 19.1 Å². The van der Waals surface area contributed by atoms with E-state index in [9.17, 15) is 8.78 Å². The predicted octanol–water partition coefficient (Wildman–Crippen LogP) is 5.31. The Bertz CT molecular complexity index is 982. The summed E-state index contributed by atoms with van der Waals surface area (Å²) in [4.78, 5) is 0. The lowest BCUT2D eigenvalue weighted by Crippen LogP contribution is -2.32. The van der Waals surface area contributed by atoms with Crippen LogP contribution in [0, 0.1) is 24.0 Å². The fraction of sp³-hybridized carbons (Fsp3) is 0.238. The molecular formula is C21H17F2NO. The number of ether oxygens (including phenoxy) is 1. The van der Waals surface area contributed by atoms with Gasteiger partial charge in [0.25, 0.3) is 0 Å². The standard InChI is InChI=1S/C21H17F2NO/c1-5-17-19-13(14-8-12(22)9-15(23)20(14)25-17)6-7-16-18(19)11(2)10-21(3,4)24-16/h1,6-10,17,24H,2-4H3. The van der Waals surface area contributed by atoms with Gasteiger partial charge in [0.15, 0.2) is 17.7 Å². The molecule has 1 unspecified atom stereocenters. The second kappa shape index (κ2) is 5.10. The van der Waals surface area contributed by atoms with E-state index < -0.39 is 17.7 Å². The van der Waals surface area contributed by atoms with Gasteiger partial charge in [-0.3, -0.25) is 0 Å². The molecule has 0 radical (unpaired) electrons. The average Bonchev–Trinajstić information content (AvgIpc) is 2.52. The number of benzene rings is 2. The number of fused-ring (bicyclic) bond motifs is 5. The topological polar surface area (TPSA) is 21.3 Å². The number of rotatable bonds is 0. The number of terminal acetylenes is 1. The van der Waals surface area contributed by atoms with E-state index in [0.717, 1.165) is 28.5 Å². The van der Waals surface area contributed by atoms with Gasteiger partial charge in [0.05, 0.1) is 5.54 Å². The van der Waals surface area contributed by atoms with E-state index in [-0.39, 0.29) is 11.3 Å². The Labute approximate surface area is 145 Å². The number of halogens is 2. The summed E-state index contributed by atoms with van der Waals surface area (Å²) in [5.74, 6) is 1.21.